The van der Waals surface area contributed by atoms with E-state index in [-0.39, 0.29) is 11.9 Å². The van der Waals surface area contributed by atoms with Crippen LogP contribution in [0.3, 0.4) is 0 Å². The molecule has 2 aromatic carbocycles. The molecule has 0 radical (unpaired) electrons. The molecular formula is C22H27N5OS. The van der Waals surface area contributed by atoms with Gasteiger partial charge in [-0.25, -0.2) is 4.68 Å². The van der Waals surface area contributed by atoms with Crippen LogP contribution in [0.25, 0.3) is 10.8 Å². The number of aromatic nitrogens is 3. The van der Waals surface area contributed by atoms with E-state index in [9.17, 15) is 4.79 Å². The Morgan fingerprint density at radius 1 is 1.17 bits per heavy atom. The van der Waals surface area contributed by atoms with Gasteiger partial charge in [-0.05, 0) is 35.1 Å². The molecule has 6 nitrogen and oxygen atoms in total. The molecule has 7 heteroatoms. The number of rotatable bonds is 6. The fourth-order valence-corrected chi connectivity index (χ4v) is 4.74. The van der Waals surface area contributed by atoms with Crippen molar-refractivity contribution in [2.24, 2.45) is 5.92 Å². The van der Waals surface area contributed by atoms with Gasteiger partial charge in [-0.3, -0.25) is 4.79 Å². The van der Waals surface area contributed by atoms with E-state index in [1.165, 1.54) is 46.5 Å². The third-order valence-electron chi connectivity index (χ3n) is 5.75. The lowest BCUT2D eigenvalue weighted by Gasteiger charge is -2.29. The van der Waals surface area contributed by atoms with Gasteiger partial charge in [0.25, 0.3) is 0 Å². The van der Waals surface area contributed by atoms with Gasteiger partial charge in [-0.2, -0.15) is 0 Å². The number of thioether (sulfide) groups is 1. The van der Waals surface area contributed by atoms with Crippen molar-refractivity contribution in [1.29, 1.82) is 0 Å². The lowest BCUT2D eigenvalue weighted by atomic mass is 9.86. The first-order valence-electron chi connectivity index (χ1n) is 10.2. The summed E-state index contributed by atoms with van der Waals surface area (Å²) >= 11 is 1.33. The Morgan fingerprint density at radius 2 is 1.97 bits per heavy atom. The monoisotopic (exact) mass is 409 g/mol. The highest BCUT2D eigenvalue weighted by atomic mass is 32.2. The highest BCUT2D eigenvalue weighted by molar-refractivity contribution is 7.99. The van der Waals surface area contributed by atoms with E-state index < -0.39 is 0 Å². The van der Waals surface area contributed by atoms with Crippen molar-refractivity contribution in [1.82, 2.24) is 20.2 Å². The molecule has 3 aromatic rings. The molecule has 1 fully saturated rings. The first-order chi connectivity index (χ1) is 14.1. The van der Waals surface area contributed by atoms with Crippen molar-refractivity contribution in [2.45, 2.75) is 50.2 Å². The van der Waals surface area contributed by atoms with Crippen molar-refractivity contribution in [2.75, 3.05) is 11.6 Å². The van der Waals surface area contributed by atoms with Gasteiger partial charge in [0, 0.05) is 12.5 Å². The van der Waals surface area contributed by atoms with Crippen LogP contribution in [0.2, 0.25) is 0 Å². The predicted octanol–water partition coefficient (Wildman–Crippen LogP) is 3.52. The molecule has 152 valence electrons. The van der Waals surface area contributed by atoms with E-state index >= 15 is 0 Å². The number of nitrogens with one attached hydrogen (secondary N) is 1. The van der Waals surface area contributed by atoms with Crippen LogP contribution in [0, 0.1) is 5.92 Å². The molecule has 0 spiro atoms. The van der Waals surface area contributed by atoms with Gasteiger partial charge >= 0.3 is 0 Å². The number of nitrogens with zero attached hydrogens (tertiary/aromatic N) is 3. The maximum Gasteiger partial charge on any atom is 0.230 e. The Morgan fingerprint density at radius 3 is 2.83 bits per heavy atom. The van der Waals surface area contributed by atoms with Crippen LogP contribution in [0.1, 0.15) is 44.0 Å². The summed E-state index contributed by atoms with van der Waals surface area (Å²) in [5.41, 5.74) is 1.16. The molecule has 29 heavy (non-hydrogen) atoms. The predicted molar refractivity (Wildman–Crippen MR) is 117 cm³/mol. The molecule has 4 rings (SSSR count). The first-order valence-corrected chi connectivity index (χ1v) is 11.2. The minimum Gasteiger partial charge on any atom is -0.352 e. The quantitative estimate of drug-likeness (QED) is 0.481. The number of hydrogen-bond donors (Lipinski definition) is 2. The molecule has 1 aliphatic carbocycles. The minimum absolute atomic E-state index is 0.0346. The number of carbonyl (C=O) groups excluding carboxylic acids is 1. The Balaban J connectivity index is 1.39. The van der Waals surface area contributed by atoms with Crippen LogP contribution >= 0.6 is 11.8 Å². The van der Waals surface area contributed by atoms with Crippen molar-refractivity contribution in [3.05, 3.63) is 53.9 Å². The van der Waals surface area contributed by atoms with Gasteiger partial charge in [-0.1, -0.05) is 74.0 Å². The maximum absolute atomic E-state index is 12.4. The van der Waals surface area contributed by atoms with Crippen LogP contribution in [0.15, 0.2) is 47.6 Å². The molecule has 1 aromatic heterocycles. The number of fused-ring (bicyclic) bond motifs is 1. The fraction of sp³-hybridized carbons (Fsp3) is 0.409. The number of nitrogen functional groups attached to an aromatic ring is 1. The van der Waals surface area contributed by atoms with Gasteiger partial charge in [0.15, 0.2) is 5.82 Å². The summed E-state index contributed by atoms with van der Waals surface area (Å²) in [6, 6.07) is 14.8. The van der Waals surface area contributed by atoms with E-state index in [4.69, 9.17) is 5.84 Å². The third-order valence-corrected chi connectivity index (χ3v) is 6.70. The Labute approximate surface area is 175 Å². The number of amides is 1. The molecule has 0 unspecified atom stereocenters. The van der Waals surface area contributed by atoms with Crippen molar-refractivity contribution in [3.63, 3.8) is 0 Å². The number of carbonyl (C=O) groups is 1. The van der Waals surface area contributed by atoms with E-state index in [2.05, 4.69) is 46.7 Å². The third kappa shape index (κ3) is 4.56. The van der Waals surface area contributed by atoms with E-state index in [1.54, 1.807) is 0 Å². The Kier molecular flexibility index (Phi) is 6.04. The highest BCUT2D eigenvalue weighted by Gasteiger charge is 2.23. The maximum atomic E-state index is 12.4. The summed E-state index contributed by atoms with van der Waals surface area (Å²) in [7, 11) is 0. The fourth-order valence-electron chi connectivity index (χ4n) is 4.05. The number of hydrogen-bond acceptors (Lipinski definition) is 5. The zero-order valence-corrected chi connectivity index (χ0v) is 17.5. The molecule has 3 N–H and O–H groups in total. The first kappa shape index (κ1) is 19.8. The van der Waals surface area contributed by atoms with Crippen LogP contribution < -0.4 is 11.2 Å². The smallest absolute Gasteiger partial charge is 0.230 e. The normalized spacial score (nSPS) is 19.3. The summed E-state index contributed by atoms with van der Waals surface area (Å²) in [4.78, 5) is 12.4. The van der Waals surface area contributed by atoms with Gasteiger partial charge in [-0.15, -0.1) is 10.2 Å². The molecule has 0 saturated heterocycles. The summed E-state index contributed by atoms with van der Waals surface area (Å²) in [5, 5.41) is 14.6. The van der Waals surface area contributed by atoms with Gasteiger partial charge in [0.2, 0.25) is 11.1 Å². The van der Waals surface area contributed by atoms with Crippen molar-refractivity contribution < 1.29 is 4.79 Å². The largest absolute Gasteiger partial charge is 0.352 e. The SMILES string of the molecule is C[C@H]1CCCC[C@H]1NC(=O)CSc1nnc(Cc2cccc3ccccc23)n1N. The van der Waals surface area contributed by atoms with Crippen molar-refractivity contribution >= 4 is 28.4 Å². The summed E-state index contributed by atoms with van der Waals surface area (Å²) < 4.78 is 1.50. The molecule has 1 aliphatic rings. The van der Waals surface area contributed by atoms with Crippen LogP contribution in [0.4, 0.5) is 0 Å². The molecule has 0 bridgehead atoms. The second kappa shape index (κ2) is 8.86. The minimum atomic E-state index is 0.0346. The second-order valence-corrected chi connectivity index (χ2v) is 8.75. The molecule has 1 heterocycles. The highest BCUT2D eigenvalue weighted by Crippen LogP contribution is 2.25. The molecule has 2 atom stereocenters. The van der Waals surface area contributed by atoms with E-state index in [0.29, 0.717) is 29.1 Å². The number of nitrogens with two attached hydrogens (primary N) is 1. The second-order valence-electron chi connectivity index (χ2n) is 7.81. The van der Waals surface area contributed by atoms with Crippen LogP contribution in [-0.4, -0.2) is 32.6 Å². The van der Waals surface area contributed by atoms with Gasteiger partial charge < -0.3 is 11.2 Å². The lowest BCUT2D eigenvalue weighted by Crippen LogP contribution is -2.41. The summed E-state index contributed by atoms with van der Waals surface area (Å²) in [5.74, 6) is 7.79. The topological polar surface area (TPSA) is 85.8 Å². The molecular weight excluding hydrogens is 382 g/mol. The lowest BCUT2D eigenvalue weighted by molar-refractivity contribution is -0.119. The van der Waals surface area contributed by atoms with Gasteiger partial charge in [0.05, 0.1) is 5.75 Å². The van der Waals surface area contributed by atoms with E-state index in [0.717, 1.165) is 12.0 Å². The van der Waals surface area contributed by atoms with E-state index in [1.807, 2.05) is 18.2 Å². The van der Waals surface area contributed by atoms with Crippen LogP contribution in [0.5, 0.6) is 0 Å². The van der Waals surface area contributed by atoms with Crippen LogP contribution in [-0.2, 0) is 11.2 Å². The average Bonchev–Trinajstić information content (AvgIpc) is 3.08. The Hall–Kier alpha value is -2.54. The molecule has 1 saturated carbocycles. The standard InChI is InChI=1S/C22H27N5OS/c1-15-7-2-5-12-19(15)24-21(28)14-29-22-26-25-20(27(22)23)13-17-10-6-9-16-8-3-4-11-18(16)17/h3-4,6,8-11,15,19H,2,5,7,12-14,23H2,1H3,(H,24,28)/t15-,19+/m0/s1. The number of benzene rings is 2. The molecule has 0 aliphatic heterocycles. The summed E-state index contributed by atoms with van der Waals surface area (Å²) in [6.07, 6.45) is 5.30. The Bertz CT molecular complexity index is 997. The zero-order chi connectivity index (χ0) is 20.2. The average molecular weight is 410 g/mol. The van der Waals surface area contributed by atoms with Gasteiger partial charge in [0.1, 0.15) is 0 Å². The molecule has 1 amide bonds. The summed E-state index contributed by atoms with van der Waals surface area (Å²) in [6.45, 7) is 2.22. The zero-order valence-electron chi connectivity index (χ0n) is 16.7. The van der Waals surface area contributed by atoms with Crippen molar-refractivity contribution in [3.8, 4) is 0 Å².